The first-order chi connectivity index (χ1) is 19.0. The zero-order valence-corrected chi connectivity index (χ0v) is 25.7. The molecule has 220 valence electrons. The van der Waals surface area contributed by atoms with Crippen molar-refractivity contribution in [3.05, 3.63) is 68.8 Å². The van der Waals surface area contributed by atoms with Crippen LogP contribution in [0.5, 0.6) is 0 Å². The van der Waals surface area contributed by atoms with Gasteiger partial charge < -0.3 is 20.6 Å². The third-order valence-electron chi connectivity index (χ3n) is 7.17. The van der Waals surface area contributed by atoms with E-state index in [9.17, 15) is 23.5 Å². The van der Waals surface area contributed by atoms with Gasteiger partial charge in [-0.25, -0.2) is 8.78 Å². The Morgan fingerprint density at radius 2 is 1.88 bits per heavy atom. The molecule has 0 spiro atoms. The number of halogens is 3. The first kappa shape index (κ1) is 32.4. The van der Waals surface area contributed by atoms with Crippen LogP contribution >= 0.6 is 22.6 Å². The number of hydrogen-bond acceptors (Lipinski definition) is 5. The molecule has 1 aliphatic heterocycles. The molecule has 3 N–H and O–H groups in total. The Hall–Kier alpha value is -2.15. The zero-order valence-electron chi connectivity index (χ0n) is 23.5. The fraction of sp³-hybridized carbons (Fsp3) is 0.533. The maximum Gasteiger partial charge on any atom is 0.237 e. The summed E-state index contributed by atoms with van der Waals surface area (Å²) in [4.78, 5) is 29.9. The van der Waals surface area contributed by atoms with Gasteiger partial charge in [0.15, 0.2) is 0 Å². The minimum atomic E-state index is -1.02. The van der Waals surface area contributed by atoms with Crippen molar-refractivity contribution >= 4 is 34.4 Å². The molecule has 1 heterocycles. The summed E-state index contributed by atoms with van der Waals surface area (Å²) in [6, 6.07) is 10.4. The Morgan fingerprint density at radius 1 is 1.15 bits per heavy atom. The highest BCUT2D eigenvalue weighted by Gasteiger charge is 2.35. The molecule has 2 aromatic rings. The van der Waals surface area contributed by atoms with Crippen molar-refractivity contribution in [1.82, 2.24) is 20.4 Å². The number of rotatable bonds is 14. The Balaban J connectivity index is 1.66. The number of nitrogens with one attached hydrogen (secondary N) is 2. The van der Waals surface area contributed by atoms with Crippen LogP contribution in [-0.2, 0) is 22.6 Å². The first-order valence-electron chi connectivity index (χ1n) is 13.9. The topological polar surface area (TPSA) is 84.9 Å². The number of carbonyl (C=O) groups excluding carboxylic acids is 2. The van der Waals surface area contributed by atoms with Gasteiger partial charge in [-0.15, -0.1) is 0 Å². The fourth-order valence-electron chi connectivity index (χ4n) is 5.08. The monoisotopic (exact) mass is 670 g/mol. The van der Waals surface area contributed by atoms with E-state index in [1.165, 1.54) is 12.1 Å². The van der Waals surface area contributed by atoms with E-state index >= 15 is 0 Å². The maximum atomic E-state index is 13.9. The molecular weight excluding hydrogens is 629 g/mol. The number of piperazine rings is 1. The number of carbonyl (C=O) groups is 2. The molecule has 3 atom stereocenters. The van der Waals surface area contributed by atoms with Crippen molar-refractivity contribution in [2.45, 2.75) is 64.8 Å². The van der Waals surface area contributed by atoms with Crippen molar-refractivity contribution < 1.29 is 23.5 Å². The highest BCUT2D eigenvalue weighted by atomic mass is 127. The molecule has 0 aliphatic carbocycles. The van der Waals surface area contributed by atoms with E-state index in [1.54, 1.807) is 0 Å². The lowest BCUT2D eigenvalue weighted by atomic mass is 9.98. The molecule has 2 amide bonds. The van der Waals surface area contributed by atoms with Crippen molar-refractivity contribution in [3.8, 4) is 0 Å². The fourth-order valence-corrected chi connectivity index (χ4v) is 5.69. The highest BCUT2D eigenvalue weighted by molar-refractivity contribution is 14.1. The van der Waals surface area contributed by atoms with Crippen molar-refractivity contribution in [1.29, 1.82) is 0 Å². The standard InChI is InChI=1S/C30H41F2IN4O3/c1-4-5-9-37-27(20(2)3)17-36(19-30(37)40)18-29(39)35-26(13-22-10-23(31)14-24(32)11-22)28(38)16-34-15-21-7-6-8-25(33)12-21/h6-8,10-12,14,20,26-28,34,38H,4-5,9,13,15-19H2,1-3H3,(H,35,39)/t26-,27-,28-/m0/s1. The molecule has 0 bridgehead atoms. The van der Waals surface area contributed by atoms with Gasteiger partial charge in [0.05, 0.1) is 25.2 Å². The lowest BCUT2D eigenvalue weighted by molar-refractivity contribution is -0.142. The van der Waals surface area contributed by atoms with Gasteiger partial charge in [0.1, 0.15) is 11.6 Å². The highest BCUT2D eigenvalue weighted by Crippen LogP contribution is 2.19. The summed E-state index contributed by atoms with van der Waals surface area (Å²) >= 11 is 2.23. The number of hydrogen-bond donors (Lipinski definition) is 3. The van der Waals surface area contributed by atoms with Crippen molar-refractivity contribution in [2.75, 3.05) is 32.7 Å². The normalized spacial score (nSPS) is 17.8. The number of amides is 2. The second-order valence-electron chi connectivity index (χ2n) is 10.9. The quantitative estimate of drug-likeness (QED) is 0.267. The van der Waals surface area contributed by atoms with Crippen molar-refractivity contribution in [2.24, 2.45) is 5.92 Å². The molecule has 1 aliphatic rings. The van der Waals surface area contributed by atoms with Crippen LogP contribution in [0.4, 0.5) is 8.78 Å². The average Bonchev–Trinajstić information content (AvgIpc) is 2.86. The molecule has 3 rings (SSSR count). The molecule has 1 saturated heterocycles. The lowest BCUT2D eigenvalue weighted by Crippen LogP contribution is -2.60. The second-order valence-corrected chi connectivity index (χ2v) is 12.2. The SMILES string of the molecule is CCCCN1C(=O)CN(CC(=O)N[C@@H](Cc2cc(F)cc(F)c2)[C@@H](O)CNCc2cccc(I)c2)C[C@H]1C(C)C. The summed E-state index contributed by atoms with van der Waals surface area (Å²) < 4.78 is 28.9. The molecule has 0 unspecified atom stereocenters. The summed E-state index contributed by atoms with van der Waals surface area (Å²) in [5, 5.41) is 17.1. The van der Waals surface area contributed by atoms with Crippen LogP contribution < -0.4 is 10.6 Å². The van der Waals surface area contributed by atoms with E-state index in [-0.39, 0.29) is 49.8 Å². The largest absolute Gasteiger partial charge is 0.390 e. The average molecular weight is 671 g/mol. The maximum absolute atomic E-state index is 13.9. The zero-order chi connectivity index (χ0) is 29.2. The van der Waals surface area contributed by atoms with Gasteiger partial charge in [0.2, 0.25) is 11.8 Å². The molecule has 7 nitrogen and oxygen atoms in total. The molecule has 1 fully saturated rings. The smallest absolute Gasteiger partial charge is 0.237 e. The van der Waals surface area contributed by atoms with Crippen LogP contribution in [0, 0.1) is 21.1 Å². The van der Waals surface area contributed by atoms with Crippen LogP contribution in [0.25, 0.3) is 0 Å². The molecule has 0 aromatic heterocycles. The summed E-state index contributed by atoms with van der Waals surface area (Å²) in [5.74, 6) is -1.53. The molecule has 0 saturated carbocycles. The Kier molecular flexibility index (Phi) is 12.7. The van der Waals surface area contributed by atoms with Gasteiger partial charge in [-0.1, -0.05) is 39.3 Å². The van der Waals surface area contributed by atoms with Gasteiger partial charge in [0.25, 0.3) is 0 Å². The first-order valence-corrected chi connectivity index (χ1v) is 15.0. The van der Waals surface area contributed by atoms with E-state index in [1.807, 2.05) is 34.1 Å². The summed E-state index contributed by atoms with van der Waals surface area (Å²) in [5.41, 5.74) is 1.38. The number of benzene rings is 2. The van der Waals surface area contributed by atoms with Gasteiger partial charge in [-0.3, -0.25) is 14.5 Å². The van der Waals surface area contributed by atoms with Crippen LogP contribution in [0.15, 0.2) is 42.5 Å². The van der Waals surface area contributed by atoms with Gasteiger partial charge in [-0.2, -0.15) is 0 Å². The summed E-state index contributed by atoms with van der Waals surface area (Å²) in [6.45, 7) is 8.38. The van der Waals surface area contributed by atoms with E-state index < -0.39 is 23.8 Å². The van der Waals surface area contributed by atoms with Crippen LogP contribution in [-0.4, -0.2) is 77.6 Å². The van der Waals surface area contributed by atoms with Crippen LogP contribution in [0.3, 0.4) is 0 Å². The van der Waals surface area contributed by atoms with Gasteiger partial charge in [0, 0.05) is 41.9 Å². The third kappa shape index (κ3) is 10.0. The number of aliphatic hydroxyl groups excluding tert-OH is 1. The van der Waals surface area contributed by atoms with E-state index in [0.29, 0.717) is 25.2 Å². The predicted molar refractivity (Wildman–Crippen MR) is 161 cm³/mol. The molecule has 0 radical (unpaired) electrons. The third-order valence-corrected chi connectivity index (χ3v) is 7.85. The minimum absolute atomic E-state index is 0.00676. The number of unbranched alkanes of at least 4 members (excludes halogenated alkanes) is 1. The number of aliphatic hydroxyl groups is 1. The molecule has 40 heavy (non-hydrogen) atoms. The Morgan fingerprint density at radius 3 is 2.52 bits per heavy atom. The van der Waals surface area contributed by atoms with E-state index in [2.05, 4.69) is 54.0 Å². The molecule has 2 aromatic carbocycles. The van der Waals surface area contributed by atoms with Gasteiger partial charge >= 0.3 is 0 Å². The Bertz CT molecular complexity index is 1120. The Labute approximate surface area is 249 Å². The van der Waals surface area contributed by atoms with Crippen molar-refractivity contribution in [3.63, 3.8) is 0 Å². The molecule has 10 heteroatoms. The van der Waals surface area contributed by atoms with E-state index in [4.69, 9.17) is 0 Å². The van der Waals surface area contributed by atoms with E-state index in [0.717, 1.165) is 28.0 Å². The van der Waals surface area contributed by atoms with Crippen LogP contribution in [0.2, 0.25) is 0 Å². The minimum Gasteiger partial charge on any atom is -0.390 e. The van der Waals surface area contributed by atoms with Crippen LogP contribution in [0.1, 0.15) is 44.7 Å². The summed E-state index contributed by atoms with van der Waals surface area (Å²) in [6.07, 6.45) is 0.964. The lowest BCUT2D eigenvalue weighted by Gasteiger charge is -2.43. The number of nitrogens with zero attached hydrogens (tertiary/aromatic N) is 2. The van der Waals surface area contributed by atoms with Gasteiger partial charge in [-0.05, 0) is 76.7 Å². The summed E-state index contributed by atoms with van der Waals surface area (Å²) in [7, 11) is 0. The predicted octanol–water partition coefficient (Wildman–Crippen LogP) is 3.72. The molecular formula is C30H41F2IN4O3. The second kappa shape index (κ2) is 15.7.